The number of hydrogen-bond donors (Lipinski definition) is 1. The molecule has 0 bridgehead atoms. The predicted molar refractivity (Wildman–Crippen MR) is 70.5 cm³/mol. The molecule has 2 aromatic rings. The van der Waals surface area contributed by atoms with Gasteiger partial charge in [-0.15, -0.1) is 0 Å². The van der Waals surface area contributed by atoms with Gasteiger partial charge in [-0.25, -0.2) is 0 Å². The van der Waals surface area contributed by atoms with Crippen LogP contribution in [0.15, 0.2) is 41.1 Å². The molecular weight excluding hydrogens is 230 g/mol. The van der Waals surface area contributed by atoms with E-state index in [0.717, 1.165) is 25.3 Å². The summed E-state index contributed by atoms with van der Waals surface area (Å²) in [6.07, 6.45) is 1.04. The van der Waals surface area contributed by atoms with Crippen LogP contribution >= 0.6 is 11.3 Å². The van der Waals surface area contributed by atoms with E-state index < -0.39 is 0 Å². The first-order valence-corrected chi connectivity index (χ1v) is 6.84. The van der Waals surface area contributed by atoms with E-state index in [1.807, 2.05) is 12.1 Å². The highest BCUT2D eigenvalue weighted by molar-refractivity contribution is 7.07. The molecule has 1 N–H and O–H groups in total. The lowest BCUT2D eigenvalue weighted by atomic mass is 10.0. The van der Waals surface area contributed by atoms with Crippen LogP contribution in [0.5, 0.6) is 5.75 Å². The molecule has 1 aliphatic rings. The molecule has 1 atom stereocenters. The van der Waals surface area contributed by atoms with Crippen LogP contribution in [0.1, 0.15) is 23.6 Å². The van der Waals surface area contributed by atoms with Gasteiger partial charge in [-0.3, -0.25) is 0 Å². The van der Waals surface area contributed by atoms with Crippen molar-refractivity contribution >= 4 is 11.3 Å². The van der Waals surface area contributed by atoms with Crippen LogP contribution in [-0.2, 0) is 6.54 Å². The van der Waals surface area contributed by atoms with Crippen LogP contribution < -0.4 is 10.1 Å². The maximum absolute atomic E-state index is 5.65. The maximum Gasteiger partial charge on any atom is 0.124 e. The Morgan fingerprint density at radius 1 is 1.29 bits per heavy atom. The van der Waals surface area contributed by atoms with Gasteiger partial charge < -0.3 is 10.1 Å². The summed E-state index contributed by atoms with van der Waals surface area (Å²) < 4.78 is 5.65. The Morgan fingerprint density at radius 2 is 2.24 bits per heavy atom. The first kappa shape index (κ1) is 10.8. The lowest BCUT2D eigenvalue weighted by molar-refractivity contribution is 0.252. The molecule has 0 fully saturated rings. The largest absolute Gasteiger partial charge is 0.493 e. The predicted octanol–water partition coefficient (Wildman–Crippen LogP) is 3.36. The van der Waals surface area contributed by atoms with E-state index in [1.165, 1.54) is 11.1 Å². The lowest BCUT2D eigenvalue weighted by Gasteiger charge is -2.26. The van der Waals surface area contributed by atoms with Crippen molar-refractivity contribution in [2.75, 3.05) is 6.61 Å². The van der Waals surface area contributed by atoms with Crippen LogP contribution in [-0.4, -0.2) is 6.61 Å². The van der Waals surface area contributed by atoms with Crippen molar-refractivity contribution in [3.8, 4) is 5.75 Å². The molecule has 0 amide bonds. The van der Waals surface area contributed by atoms with Gasteiger partial charge in [-0.05, 0) is 28.5 Å². The van der Waals surface area contributed by atoms with Crippen LogP contribution in [0.2, 0.25) is 0 Å². The minimum atomic E-state index is 0.417. The van der Waals surface area contributed by atoms with Crippen molar-refractivity contribution in [1.29, 1.82) is 0 Å². The Hall–Kier alpha value is -1.32. The van der Waals surface area contributed by atoms with Crippen LogP contribution in [0.25, 0.3) is 0 Å². The summed E-state index contributed by atoms with van der Waals surface area (Å²) in [5, 5.41) is 7.92. The Bertz CT molecular complexity index is 481. The Labute approximate surface area is 105 Å². The second-order valence-corrected chi connectivity index (χ2v) is 5.02. The molecule has 1 aromatic heterocycles. The third-order valence-corrected chi connectivity index (χ3v) is 3.82. The molecule has 1 aliphatic heterocycles. The van der Waals surface area contributed by atoms with Gasteiger partial charge >= 0.3 is 0 Å². The van der Waals surface area contributed by atoms with Gasteiger partial charge in [0, 0.05) is 24.6 Å². The minimum absolute atomic E-state index is 0.417. The number of hydrogen-bond acceptors (Lipinski definition) is 3. The standard InChI is InChI=1S/C14H15NOS/c1-2-4-14-12(3-1)13(5-7-16-14)15-9-11-6-8-17-10-11/h1-4,6,8,10,13,15H,5,7,9H2. The number of ether oxygens (including phenoxy) is 1. The van der Waals surface area contributed by atoms with E-state index in [-0.39, 0.29) is 0 Å². The van der Waals surface area contributed by atoms with E-state index >= 15 is 0 Å². The molecule has 3 rings (SSSR count). The summed E-state index contributed by atoms with van der Waals surface area (Å²) >= 11 is 1.75. The van der Waals surface area contributed by atoms with Crippen LogP contribution in [0.4, 0.5) is 0 Å². The monoisotopic (exact) mass is 245 g/mol. The maximum atomic E-state index is 5.65. The van der Waals surface area contributed by atoms with Gasteiger partial charge in [0.2, 0.25) is 0 Å². The van der Waals surface area contributed by atoms with Crippen molar-refractivity contribution in [2.24, 2.45) is 0 Å². The Morgan fingerprint density at radius 3 is 3.12 bits per heavy atom. The molecule has 17 heavy (non-hydrogen) atoms. The highest BCUT2D eigenvalue weighted by Crippen LogP contribution is 2.31. The van der Waals surface area contributed by atoms with Crippen molar-refractivity contribution in [3.05, 3.63) is 52.2 Å². The second kappa shape index (κ2) is 4.90. The van der Waals surface area contributed by atoms with Crippen molar-refractivity contribution in [3.63, 3.8) is 0 Å². The van der Waals surface area contributed by atoms with Gasteiger partial charge in [0.15, 0.2) is 0 Å². The summed E-state index contributed by atoms with van der Waals surface area (Å²) in [5.74, 6) is 1.03. The quantitative estimate of drug-likeness (QED) is 0.895. The molecule has 3 heteroatoms. The highest BCUT2D eigenvalue weighted by Gasteiger charge is 2.20. The summed E-state index contributed by atoms with van der Waals surface area (Å²) in [5.41, 5.74) is 2.65. The third-order valence-electron chi connectivity index (χ3n) is 3.09. The SMILES string of the molecule is c1ccc2c(c1)OCCC2NCc1ccsc1. The first-order valence-electron chi connectivity index (χ1n) is 5.89. The fourth-order valence-electron chi connectivity index (χ4n) is 2.19. The number of thiophene rings is 1. The van der Waals surface area contributed by atoms with E-state index in [4.69, 9.17) is 4.74 Å². The molecule has 1 unspecified atom stereocenters. The molecule has 0 radical (unpaired) electrons. The molecule has 1 aromatic carbocycles. The topological polar surface area (TPSA) is 21.3 Å². The van der Waals surface area contributed by atoms with Gasteiger partial charge in [-0.1, -0.05) is 18.2 Å². The van der Waals surface area contributed by atoms with E-state index in [9.17, 15) is 0 Å². The molecule has 0 spiro atoms. The third kappa shape index (κ3) is 2.35. The van der Waals surface area contributed by atoms with Crippen LogP contribution in [0.3, 0.4) is 0 Å². The average molecular weight is 245 g/mol. The molecule has 88 valence electrons. The second-order valence-electron chi connectivity index (χ2n) is 4.24. The fraction of sp³-hybridized carbons (Fsp3) is 0.286. The minimum Gasteiger partial charge on any atom is -0.493 e. The molecule has 0 aliphatic carbocycles. The van der Waals surface area contributed by atoms with Gasteiger partial charge in [0.1, 0.15) is 5.75 Å². The molecule has 2 nitrogen and oxygen atoms in total. The van der Waals surface area contributed by atoms with E-state index in [2.05, 4.69) is 34.3 Å². The first-order chi connectivity index (χ1) is 8.43. The zero-order valence-corrected chi connectivity index (χ0v) is 10.4. The fourth-order valence-corrected chi connectivity index (χ4v) is 2.86. The molecule has 2 heterocycles. The normalized spacial score (nSPS) is 18.5. The van der Waals surface area contributed by atoms with Crippen LogP contribution in [0, 0.1) is 0 Å². The van der Waals surface area contributed by atoms with Crippen molar-refractivity contribution in [2.45, 2.75) is 19.0 Å². The summed E-state index contributed by atoms with van der Waals surface area (Å²) in [6.45, 7) is 1.74. The van der Waals surface area contributed by atoms with Gasteiger partial charge in [-0.2, -0.15) is 11.3 Å². The molecule has 0 saturated carbocycles. The Kier molecular flexibility index (Phi) is 3.12. The van der Waals surface area contributed by atoms with E-state index in [0.29, 0.717) is 6.04 Å². The van der Waals surface area contributed by atoms with Crippen molar-refractivity contribution in [1.82, 2.24) is 5.32 Å². The highest BCUT2D eigenvalue weighted by atomic mass is 32.1. The van der Waals surface area contributed by atoms with Gasteiger partial charge in [0.25, 0.3) is 0 Å². The smallest absolute Gasteiger partial charge is 0.124 e. The summed E-state index contributed by atoms with van der Waals surface area (Å²) in [7, 11) is 0. The summed E-state index contributed by atoms with van der Waals surface area (Å²) in [6, 6.07) is 10.9. The van der Waals surface area contributed by atoms with E-state index in [1.54, 1.807) is 11.3 Å². The average Bonchev–Trinajstić information content (AvgIpc) is 2.89. The molecular formula is C14H15NOS. The number of nitrogens with one attached hydrogen (secondary N) is 1. The number of rotatable bonds is 3. The summed E-state index contributed by atoms with van der Waals surface area (Å²) in [4.78, 5) is 0. The number of benzene rings is 1. The molecule has 0 saturated heterocycles. The Balaban J connectivity index is 1.72. The van der Waals surface area contributed by atoms with Crippen molar-refractivity contribution < 1.29 is 4.74 Å². The number of para-hydroxylation sites is 1. The zero-order valence-electron chi connectivity index (χ0n) is 9.56. The van der Waals surface area contributed by atoms with Gasteiger partial charge in [0.05, 0.1) is 6.61 Å². The zero-order chi connectivity index (χ0) is 11.5. The lowest BCUT2D eigenvalue weighted by Crippen LogP contribution is -2.26. The number of fused-ring (bicyclic) bond motifs is 1.